The Bertz CT molecular complexity index is 662. The molecular formula is C15H17N4O+. The Labute approximate surface area is 117 Å². The van der Waals surface area contributed by atoms with Gasteiger partial charge >= 0.3 is 0 Å². The molecule has 0 aliphatic carbocycles. The fourth-order valence-electron chi connectivity index (χ4n) is 2.33. The topological polar surface area (TPSA) is 72.9 Å². The molecule has 20 heavy (non-hydrogen) atoms. The maximum absolute atomic E-state index is 11.0. The van der Waals surface area contributed by atoms with Crippen molar-refractivity contribution in [1.82, 2.24) is 5.10 Å². The smallest absolute Gasteiger partial charge is 0.192 e. The normalized spacial score (nSPS) is 10.6. The van der Waals surface area contributed by atoms with Gasteiger partial charge in [0.25, 0.3) is 0 Å². The summed E-state index contributed by atoms with van der Waals surface area (Å²) in [5.41, 5.74) is 3.88. The number of aromatic amines is 1. The van der Waals surface area contributed by atoms with Crippen LogP contribution in [0.5, 0.6) is 0 Å². The molecule has 0 unspecified atom stereocenters. The van der Waals surface area contributed by atoms with Crippen molar-refractivity contribution >= 4 is 5.69 Å². The largest absolute Gasteiger partial charge is 0.239 e. The summed E-state index contributed by atoms with van der Waals surface area (Å²) in [5, 5.41) is 15.1. The van der Waals surface area contributed by atoms with E-state index in [1.54, 1.807) is 12.1 Å². The van der Waals surface area contributed by atoms with E-state index >= 15 is 0 Å². The van der Waals surface area contributed by atoms with Crippen molar-refractivity contribution < 1.29 is 4.68 Å². The first kappa shape index (κ1) is 13.9. The first-order valence-corrected chi connectivity index (χ1v) is 6.51. The molecule has 0 amide bonds. The Morgan fingerprint density at radius 3 is 2.50 bits per heavy atom. The van der Waals surface area contributed by atoms with Crippen molar-refractivity contribution in [2.45, 2.75) is 33.2 Å². The Kier molecular flexibility index (Phi) is 3.94. The van der Waals surface area contributed by atoms with E-state index < -0.39 is 0 Å². The number of aromatic nitrogens is 2. The molecule has 2 rings (SSSR count). The molecule has 0 atom stereocenters. The molecule has 2 aromatic rings. The lowest BCUT2D eigenvalue weighted by Crippen LogP contribution is -2.40. The van der Waals surface area contributed by atoms with E-state index in [0.717, 1.165) is 17.0 Å². The number of H-pyrrole nitrogens is 1. The average molecular weight is 269 g/mol. The number of rotatable bonds is 4. The van der Waals surface area contributed by atoms with E-state index in [9.17, 15) is 4.91 Å². The van der Waals surface area contributed by atoms with Crippen LogP contribution >= 0.6 is 0 Å². The number of nitriles is 1. The molecule has 0 fully saturated rings. The number of nitroso groups, excluding NO2 is 1. The maximum atomic E-state index is 11.0. The molecule has 1 aromatic carbocycles. The van der Waals surface area contributed by atoms with Crippen LogP contribution in [0.25, 0.3) is 0 Å². The SMILES string of the molecule is Cc1[nH][n+](Cc2ccc(C#N)cc2)c(C(C)C)c1N=O. The third-order valence-corrected chi connectivity index (χ3v) is 3.25. The van der Waals surface area contributed by atoms with Gasteiger partial charge in [0.1, 0.15) is 5.69 Å². The van der Waals surface area contributed by atoms with Gasteiger partial charge in [0.2, 0.25) is 11.4 Å². The number of aryl methyl sites for hydroxylation is 1. The second-order valence-corrected chi connectivity index (χ2v) is 5.11. The molecule has 0 saturated carbocycles. The van der Waals surface area contributed by atoms with Crippen LogP contribution in [0.3, 0.4) is 0 Å². The van der Waals surface area contributed by atoms with Crippen LogP contribution < -0.4 is 4.68 Å². The van der Waals surface area contributed by atoms with Gasteiger partial charge in [0.05, 0.1) is 11.6 Å². The van der Waals surface area contributed by atoms with Gasteiger partial charge in [-0.3, -0.25) is 0 Å². The number of hydrogen-bond acceptors (Lipinski definition) is 3. The standard InChI is InChI=1S/C15H16N4O/c1-10(2)15-14(18-20)11(3)17-19(15)9-13-6-4-12(8-16)5-7-13/h4-7,10H,9H2,1-3H3/p+1. The summed E-state index contributed by atoms with van der Waals surface area (Å²) in [4.78, 5) is 11.0. The van der Waals surface area contributed by atoms with E-state index in [4.69, 9.17) is 5.26 Å². The highest BCUT2D eigenvalue weighted by Gasteiger charge is 2.26. The Balaban J connectivity index is 2.38. The average Bonchev–Trinajstić information content (AvgIpc) is 2.75. The first-order valence-electron chi connectivity index (χ1n) is 6.51. The zero-order chi connectivity index (χ0) is 14.7. The van der Waals surface area contributed by atoms with Crippen molar-refractivity contribution in [1.29, 1.82) is 5.26 Å². The second kappa shape index (κ2) is 5.66. The first-order chi connectivity index (χ1) is 9.56. The van der Waals surface area contributed by atoms with Crippen LogP contribution in [0.1, 0.15) is 42.3 Å². The lowest BCUT2D eigenvalue weighted by Gasteiger charge is -2.01. The summed E-state index contributed by atoms with van der Waals surface area (Å²) < 4.78 is 1.94. The Morgan fingerprint density at radius 1 is 1.35 bits per heavy atom. The van der Waals surface area contributed by atoms with Gasteiger partial charge in [0, 0.05) is 11.5 Å². The summed E-state index contributed by atoms with van der Waals surface area (Å²) in [5.74, 6) is 0.200. The highest BCUT2D eigenvalue weighted by Crippen LogP contribution is 2.26. The van der Waals surface area contributed by atoms with Gasteiger partial charge in [-0.1, -0.05) is 26.0 Å². The van der Waals surface area contributed by atoms with E-state index in [1.807, 2.05) is 37.6 Å². The highest BCUT2D eigenvalue weighted by atomic mass is 16.3. The van der Waals surface area contributed by atoms with Crippen LogP contribution in [0, 0.1) is 23.2 Å². The molecular weight excluding hydrogens is 252 g/mol. The quantitative estimate of drug-likeness (QED) is 0.684. The summed E-state index contributed by atoms with van der Waals surface area (Å²) in [6.07, 6.45) is 0. The zero-order valence-corrected chi connectivity index (χ0v) is 11.8. The van der Waals surface area contributed by atoms with Crippen LogP contribution in [-0.2, 0) is 6.54 Å². The van der Waals surface area contributed by atoms with Gasteiger partial charge < -0.3 is 0 Å². The number of hydrogen-bond donors (Lipinski definition) is 1. The third-order valence-electron chi connectivity index (χ3n) is 3.25. The third kappa shape index (κ3) is 2.59. The molecule has 0 spiro atoms. The van der Waals surface area contributed by atoms with Crippen molar-refractivity contribution in [3.63, 3.8) is 0 Å². The van der Waals surface area contributed by atoms with Gasteiger partial charge in [0.15, 0.2) is 6.54 Å². The molecule has 0 radical (unpaired) electrons. The number of nitrogens with zero attached hydrogens (tertiary/aromatic N) is 3. The zero-order valence-electron chi connectivity index (χ0n) is 11.8. The van der Waals surface area contributed by atoms with Gasteiger partial charge in [-0.05, 0) is 24.2 Å². The molecule has 1 heterocycles. The second-order valence-electron chi connectivity index (χ2n) is 5.11. The summed E-state index contributed by atoms with van der Waals surface area (Å²) in [6.45, 7) is 6.53. The minimum atomic E-state index is 0.200. The van der Waals surface area contributed by atoms with Crippen molar-refractivity contribution in [3.05, 3.63) is 51.7 Å². The van der Waals surface area contributed by atoms with Crippen molar-refractivity contribution in [3.8, 4) is 6.07 Å². The molecule has 0 aliphatic heterocycles. The lowest BCUT2D eigenvalue weighted by molar-refractivity contribution is -0.749. The van der Waals surface area contributed by atoms with Crippen LogP contribution in [0.4, 0.5) is 5.69 Å². The predicted octanol–water partition coefficient (Wildman–Crippen LogP) is 3.05. The fraction of sp³-hybridized carbons (Fsp3) is 0.333. The Hall–Kier alpha value is -2.48. The molecule has 1 aromatic heterocycles. The van der Waals surface area contributed by atoms with E-state index in [2.05, 4.69) is 16.3 Å². The van der Waals surface area contributed by atoms with Crippen molar-refractivity contribution in [2.24, 2.45) is 5.18 Å². The molecule has 0 aliphatic rings. The van der Waals surface area contributed by atoms with Gasteiger partial charge in [-0.25, -0.2) is 0 Å². The fourth-order valence-corrected chi connectivity index (χ4v) is 2.33. The van der Waals surface area contributed by atoms with Crippen LogP contribution in [-0.4, -0.2) is 5.10 Å². The summed E-state index contributed by atoms with van der Waals surface area (Å²) in [6, 6.07) is 9.51. The molecule has 102 valence electrons. The van der Waals surface area contributed by atoms with Crippen molar-refractivity contribution in [2.75, 3.05) is 0 Å². The van der Waals surface area contributed by atoms with Crippen LogP contribution in [0.15, 0.2) is 29.4 Å². The number of benzene rings is 1. The molecule has 5 heteroatoms. The summed E-state index contributed by atoms with van der Waals surface area (Å²) >= 11 is 0. The predicted molar refractivity (Wildman–Crippen MR) is 75.5 cm³/mol. The van der Waals surface area contributed by atoms with Gasteiger partial charge in [-0.15, -0.1) is 9.59 Å². The molecule has 0 saturated heterocycles. The molecule has 1 N–H and O–H groups in total. The van der Waals surface area contributed by atoms with E-state index in [1.165, 1.54) is 0 Å². The highest BCUT2D eigenvalue weighted by molar-refractivity contribution is 5.44. The van der Waals surface area contributed by atoms with E-state index in [-0.39, 0.29) is 5.92 Å². The maximum Gasteiger partial charge on any atom is 0.239 e. The van der Waals surface area contributed by atoms with E-state index in [0.29, 0.717) is 17.8 Å². The Morgan fingerprint density at radius 2 is 2.00 bits per heavy atom. The summed E-state index contributed by atoms with van der Waals surface area (Å²) in [7, 11) is 0. The minimum Gasteiger partial charge on any atom is -0.192 e. The minimum absolute atomic E-state index is 0.200. The lowest BCUT2D eigenvalue weighted by atomic mass is 10.1. The van der Waals surface area contributed by atoms with Gasteiger partial charge in [-0.2, -0.15) is 10.4 Å². The molecule has 5 nitrogen and oxygen atoms in total. The van der Waals surface area contributed by atoms with Crippen LogP contribution in [0.2, 0.25) is 0 Å². The number of nitrogens with one attached hydrogen (secondary N) is 1. The molecule has 0 bridgehead atoms. The monoisotopic (exact) mass is 269 g/mol.